The van der Waals surface area contributed by atoms with E-state index in [0.717, 1.165) is 13.2 Å². The van der Waals surface area contributed by atoms with Crippen LogP contribution in [0.1, 0.15) is 53.4 Å². The summed E-state index contributed by atoms with van der Waals surface area (Å²) in [6, 6.07) is 0. The van der Waals surface area contributed by atoms with Crippen molar-refractivity contribution in [1.82, 2.24) is 5.32 Å². The van der Waals surface area contributed by atoms with Crippen molar-refractivity contribution in [1.29, 1.82) is 0 Å². The molecule has 1 aliphatic rings. The first kappa shape index (κ1) is 12.0. The molecule has 0 amide bonds. The highest BCUT2D eigenvalue weighted by Crippen LogP contribution is 2.34. The summed E-state index contributed by atoms with van der Waals surface area (Å²) < 4.78 is 5.68. The Morgan fingerprint density at radius 2 is 1.93 bits per heavy atom. The van der Waals surface area contributed by atoms with Gasteiger partial charge in [-0.1, -0.05) is 6.92 Å². The second kappa shape index (κ2) is 4.63. The molecule has 0 saturated heterocycles. The maximum atomic E-state index is 5.68. The van der Waals surface area contributed by atoms with Crippen LogP contribution in [0.5, 0.6) is 0 Å². The summed E-state index contributed by atoms with van der Waals surface area (Å²) in [5.74, 6) is 0. The van der Waals surface area contributed by atoms with E-state index in [-0.39, 0.29) is 5.60 Å². The summed E-state index contributed by atoms with van der Waals surface area (Å²) >= 11 is 0. The van der Waals surface area contributed by atoms with E-state index in [1.54, 1.807) is 0 Å². The Morgan fingerprint density at radius 1 is 1.29 bits per heavy atom. The van der Waals surface area contributed by atoms with E-state index in [4.69, 9.17) is 4.74 Å². The van der Waals surface area contributed by atoms with Gasteiger partial charge in [0.05, 0.1) is 12.2 Å². The average molecular weight is 199 g/mol. The molecule has 0 aliphatic heterocycles. The molecule has 14 heavy (non-hydrogen) atoms. The third-order valence-corrected chi connectivity index (χ3v) is 3.12. The van der Waals surface area contributed by atoms with Crippen molar-refractivity contribution in [2.75, 3.05) is 13.2 Å². The van der Waals surface area contributed by atoms with E-state index in [1.165, 1.54) is 25.7 Å². The van der Waals surface area contributed by atoms with Crippen LogP contribution in [0.25, 0.3) is 0 Å². The number of rotatable bonds is 5. The Labute approximate surface area is 88.4 Å². The molecular formula is C12H25NO. The molecule has 1 rings (SSSR count). The number of ether oxygens (including phenoxy) is 1. The summed E-state index contributed by atoms with van der Waals surface area (Å²) in [5, 5.41) is 3.63. The van der Waals surface area contributed by atoms with Gasteiger partial charge in [0.1, 0.15) is 0 Å². The Morgan fingerprint density at radius 3 is 2.29 bits per heavy atom. The highest BCUT2D eigenvalue weighted by atomic mass is 16.5. The van der Waals surface area contributed by atoms with Gasteiger partial charge in [-0.25, -0.2) is 0 Å². The third-order valence-electron chi connectivity index (χ3n) is 3.12. The van der Waals surface area contributed by atoms with E-state index >= 15 is 0 Å². The topological polar surface area (TPSA) is 21.3 Å². The third kappa shape index (κ3) is 3.58. The first-order valence-corrected chi connectivity index (χ1v) is 5.86. The largest absolute Gasteiger partial charge is 0.375 e. The van der Waals surface area contributed by atoms with Crippen molar-refractivity contribution >= 4 is 0 Å². The fraction of sp³-hybridized carbons (Fsp3) is 1.00. The maximum absolute atomic E-state index is 5.68. The summed E-state index contributed by atoms with van der Waals surface area (Å²) in [6.45, 7) is 10.4. The molecule has 0 heterocycles. The molecule has 0 bridgehead atoms. The van der Waals surface area contributed by atoms with E-state index in [2.05, 4.69) is 33.0 Å². The van der Waals surface area contributed by atoms with Crippen molar-refractivity contribution < 1.29 is 4.74 Å². The van der Waals surface area contributed by atoms with E-state index < -0.39 is 0 Å². The number of nitrogens with one attached hydrogen (secondary N) is 1. The van der Waals surface area contributed by atoms with Crippen molar-refractivity contribution in [2.45, 2.75) is 64.5 Å². The standard InChI is InChI=1S/C12H25NO/c1-5-12(7-6-8-12)13-9-10-14-11(2,3)4/h13H,5-10H2,1-4H3. The molecule has 1 saturated carbocycles. The molecule has 2 heteroatoms. The molecule has 0 radical (unpaired) electrons. The Bertz CT molecular complexity index is 162. The van der Waals surface area contributed by atoms with Crippen LogP contribution in [0.3, 0.4) is 0 Å². The molecular weight excluding hydrogens is 174 g/mol. The van der Waals surface area contributed by atoms with Crippen LogP contribution in [-0.4, -0.2) is 24.3 Å². The molecule has 2 nitrogen and oxygen atoms in total. The molecule has 0 atom stereocenters. The normalized spacial score (nSPS) is 20.6. The number of hydrogen-bond donors (Lipinski definition) is 1. The van der Waals surface area contributed by atoms with Crippen LogP contribution < -0.4 is 5.32 Å². The van der Waals surface area contributed by atoms with Crippen LogP contribution in [0.4, 0.5) is 0 Å². The minimum atomic E-state index is 0.000666. The zero-order chi connectivity index (χ0) is 10.7. The predicted octanol–water partition coefficient (Wildman–Crippen LogP) is 2.72. The Kier molecular flexibility index (Phi) is 3.96. The van der Waals surface area contributed by atoms with Gasteiger partial charge in [0.25, 0.3) is 0 Å². The summed E-state index contributed by atoms with van der Waals surface area (Å²) in [6.07, 6.45) is 5.33. The fourth-order valence-electron chi connectivity index (χ4n) is 1.93. The minimum Gasteiger partial charge on any atom is -0.375 e. The van der Waals surface area contributed by atoms with Gasteiger partial charge in [-0.3, -0.25) is 0 Å². The fourth-order valence-corrected chi connectivity index (χ4v) is 1.93. The van der Waals surface area contributed by atoms with Crippen LogP contribution >= 0.6 is 0 Å². The Balaban J connectivity index is 2.09. The second-order valence-electron chi connectivity index (χ2n) is 5.38. The summed E-state index contributed by atoms with van der Waals surface area (Å²) in [5.41, 5.74) is 0.460. The lowest BCUT2D eigenvalue weighted by Gasteiger charge is -2.42. The zero-order valence-corrected chi connectivity index (χ0v) is 10.2. The van der Waals surface area contributed by atoms with E-state index in [9.17, 15) is 0 Å². The Hall–Kier alpha value is -0.0800. The van der Waals surface area contributed by atoms with Gasteiger partial charge in [-0.2, -0.15) is 0 Å². The monoisotopic (exact) mass is 199 g/mol. The number of hydrogen-bond acceptors (Lipinski definition) is 2. The molecule has 84 valence electrons. The smallest absolute Gasteiger partial charge is 0.0599 e. The second-order valence-corrected chi connectivity index (χ2v) is 5.38. The zero-order valence-electron chi connectivity index (χ0n) is 10.2. The van der Waals surface area contributed by atoms with Crippen LogP contribution in [-0.2, 0) is 4.74 Å². The van der Waals surface area contributed by atoms with Crippen molar-refractivity contribution in [3.8, 4) is 0 Å². The van der Waals surface area contributed by atoms with Crippen molar-refractivity contribution in [3.05, 3.63) is 0 Å². The van der Waals surface area contributed by atoms with Gasteiger partial charge >= 0.3 is 0 Å². The van der Waals surface area contributed by atoms with Crippen molar-refractivity contribution in [2.24, 2.45) is 0 Å². The van der Waals surface area contributed by atoms with Gasteiger partial charge in [-0.15, -0.1) is 0 Å². The molecule has 1 aliphatic carbocycles. The van der Waals surface area contributed by atoms with Gasteiger partial charge in [0, 0.05) is 12.1 Å². The van der Waals surface area contributed by atoms with Crippen LogP contribution in [0, 0.1) is 0 Å². The molecule has 0 aromatic carbocycles. The van der Waals surface area contributed by atoms with Crippen LogP contribution in [0.15, 0.2) is 0 Å². The molecule has 0 aromatic rings. The van der Waals surface area contributed by atoms with E-state index in [0.29, 0.717) is 5.54 Å². The average Bonchev–Trinajstić information content (AvgIpc) is 2.00. The van der Waals surface area contributed by atoms with Gasteiger partial charge < -0.3 is 10.1 Å². The molecule has 0 spiro atoms. The van der Waals surface area contributed by atoms with Crippen LogP contribution in [0.2, 0.25) is 0 Å². The molecule has 1 fully saturated rings. The quantitative estimate of drug-likeness (QED) is 0.687. The van der Waals surface area contributed by atoms with Gasteiger partial charge in [-0.05, 0) is 46.5 Å². The van der Waals surface area contributed by atoms with Gasteiger partial charge in [0.15, 0.2) is 0 Å². The lowest BCUT2D eigenvalue weighted by atomic mass is 9.75. The maximum Gasteiger partial charge on any atom is 0.0599 e. The first-order chi connectivity index (χ1) is 6.47. The lowest BCUT2D eigenvalue weighted by Crippen LogP contribution is -2.51. The lowest BCUT2D eigenvalue weighted by molar-refractivity contribution is -0.00590. The molecule has 0 unspecified atom stereocenters. The van der Waals surface area contributed by atoms with E-state index in [1.807, 2.05) is 0 Å². The highest BCUT2D eigenvalue weighted by Gasteiger charge is 2.33. The molecule has 0 aromatic heterocycles. The minimum absolute atomic E-state index is 0.000666. The summed E-state index contributed by atoms with van der Waals surface area (Å²) in [7, 11) is 0. The SMILES string of the molecule is CCC1(NCCOC(C)(C)C)CCC1. The molecule has 1 N–H and O–H groups in total. The predicted molar refractivity (Wildman–Crippen MR) is 60.6 cm³/mol. The summed E-state index contributed by atoms with van der Waals surface area (Å²) in [4.78, 5) is 0. The van der Waals surface area contributed by atoms with Gasteiger partial charge in [0.2, 0.25) is 0 Å². The first-order valence-electron chi connectivity index (χ1n) is 5.86. The van der Waals surface area contributed by atoms with Crippen molar-refractivity contribution in [3.63, 3.8) is 0 Å². The highest BCUT2D eigenvalue weighted by molar-refractivity contribution is 4.94.